The lowest BCUT2D eigenvalue weighted by Gasteiger charge is -2.35. The van der Waals surface area contributed by atoms with Crippen molar-refractivity contribution in [2.24, 2.45) is 16.8 Å². The Labute approximate surface area is 109 Å². The van der Waals surface area contributed by atoms with Gasteiger partial charge in [0.25, 0.3) is 0 Å². The molecule has 1 fully saturated rings. The standard InChI is InChI=1S/C15H21N3/c1-12-4-3-5-14-13(12)6-7-15(16-14)18-10-8-17(2)9-11-18/h3-7,12-13H,8-11H2,1-2H3. The predicted octanol–water partition coefficient (Wildman–Crippen LogP) is 1.91. The third-order valence-electron chi connectivity index (χ3n) is 4.11. The number of amidine groups is 1. The van der Waals surface area contributed by atoms with Crippen molar-refractivity contribution < 1.29 is 0 Å². The molecular weight excluding hydrogens is 222 g/mol. The highest BCUT2D eigenvalue weighted by Gasteiger charge is 2.25. The van der Waals surface area contributed by atoms with Gasteiger partial charge in [0, 0.05) is 32.1 Å². The zero-order chi connectivity index (χ0) is 12.5. The van der Waals surface area contributed by atoms with E-state index in [2.05, 4.69) is 54.2 Å². The molecule has 0 aromatic heterocycles. The normalized spacial score (nSPS) is 32.0. The third kappa shape index (κ3) is 2.15. The molecule has 3 nitrogen and oxygen atoms in total. The summed E-state index contributed by atoms with van der Waals surface area (Å²) in [5, 5.41) is 0. The van der Waals surface area contributed by atoms with Gasteiger partial charge in [-0.1, -0.05) is 25.2 Å². The van der Waals surface area contributed by atoms with Crippen molar-refractivity contribution in [2.45, 2.75) is 6.92 Å². The summed E-state index contributed by atoms with van der Waals surface area (Å²) in [6, 6.07) is 0. The lowest BCUT2D eigenvalue weighted by molar-refractivity contribution is 0.215. The second kappa shape index (κ2) is 4.73. The lowest BCUT2D eigenvalue weighted by Crippen LogP contribution is -2.47. The van der Waals surface area contributed by atoms with Crippen molar-refractivity contribution in [2.75, 3.05) is 33.2 Å². The largest absolute Gasteiger partial charge is 0.354 e. The van der Waals surface area contributed by atoms with Crippen molar-refractivity contribution in [3.63, 3.8) is 0 Å². The van der Waals surface area contributed by atoms with Crippen molar-refractivity contribution in [1.82, 2.24) is 9.80 Å². The zero-order valence-corrected chi connectivity index (χ0v) is 11.2. The Bertz CT molecular complexity index is 437. The summed E-state index contributed by atoms with van der Waals surface area (Å²) in [6.07, 6.45) is 11.1. The fourth-order valence-corrected chi connectivity index (χ4v) is 2.79. The van der Waals surface area contributed by atoms with Gasteiger partial charge < -0.3 is 9.80 Å². The number of dihydropyridines is 1. The maximum absolute atomic E-state index is 4.85. The number of nitrogens with zero attached hydrogens (tertiary/aromatic N) is 3. The van der Waals surface area contributed by atoms with Gasteiger partial charge in [-0.05, 0) is 25.1 Å². The summed E-state index contributed by atoms with van der Waals surface area (Å²) < 4.78 is 0. The highest BCUT2D eigenvalue weighted by Crippen LogP contribution is 2.31. The smallest absolute Gasteiger partial charge is 0.128 e. The monoisotopic (exact) mass is 243 g/mol. The predicted molar refractivity (Wildman–Crippen MR) is 75.5 cm³/mol. The summed E-state index contributed by atoms with van der Waals surface area (Å²) in [5.74, 6) is 2.19. The lowest BCUT2D eigenvalue weighted by atomic mass is 9.85. The van der Waals surface area contributed by atoms with Crippen molar-refractivity contribution in [3.8, 4) is 0 Å². The molecule has 0 bridgehead atoms. The van der Waals surface area contributed by atoms with E-state index < -0.39 is 0 Å². The molecule has 0 aromatic rings. The van der Waals surface area contributed by atoms with Crippen LogP contribution in [0.25, 0.3) is 0 Å². The number of hydrogen-bond donors (Lipinski definition) is 0. The van der Waals surface area contributed by atoms with Crippen LogP contribution in [0.15, 0.2) is 41.1 Å². The highest BCUT2D eigenvalue weighted by molar-refractivity contribution is 5.95. The minimum Gasteiger partial charge on any atom is -0.354 e. The van der Waals surface area contributed by atoms with Crippen LogP contribution in [0.2, 0.25) is 0 Å². The van der Waals surface area contributed by atoms with Gasteiger partial charge in [-0.25, -0.2) is 4.99 Å². The first-order valence-electron chi connectivity index (χ1n) is 6.83. The second-order valence-electron chi connectivity index (χ2n) is 5.48. The van der Waals surface area contributed by atoms with E-state index in [0.29, 0.717) is 11.8 Å². The SMILES string of the molecule is CC1C=CC=C2N=C(N3CCN(C)CC3)C=CC21. The molecule has 0 aromatic carbocycles. The minimum absolute atomic E-state index is 0.478. The van der Waals surface area contributed by atoms with Crippen molar-refractivity contribution >= 4 is 5.84 Å². The summed E-state index contributed by atoms with van der Waals surface area (Å²) >= 11 is 0. The van der Waals surface area contributed by atoms with E-state index >= 15 is 0 Å². The van der Waals surface area contributed by atoms with Crippen LogP contribution in [0.4, 0.5) is 0 Å². The van der Waals surface area contributed by atoms with E-state index in [0.717, 1.165) is 32.0 Å². The first-order valence-corrected chi connectivity index (χ1v) is 6.83. The van der Waals surface area contributed by atoms with E-state index in [4.69, 9.17) is 4.99 Å². The van der Waals surface area contributed by atoms with Gasteiger partial charge in [0.15, 0.2) is 0 Å². The molecule has 2 heterocycles. The number of piperazine rings is 1. The average Bonchev–Trinajstić information content (AvgIpc) is 2.39. The van der Waals surface area contributed by atoms with Crippen LogP contribution in [0.3, 0.4) is 0 Å². The molecule has 0 N–H and O–H groups in total. The molecule has 0 saturated carbocycles. The van der Waals surface area contributed by atoms with Crippen LogP contribution >= 0.6 is 0 Å². The Morgan fingerprint density at radius 2 is 1.94 bits per heavy atom. The fourth-order valence-electron chi connectivity index (χ4n) is 2.79. The molecule has 2 unspecified atom stereocenters. The molecule has 96 valence electrons. The highest BCUT2D eigenvalue weighted by atomic mass is 15.3. The fraction of sp³-hybridized carbons (Fsp3) is 0.533. The molecule has 0 amide bonds. The molecule has 0 radical (unpaired) electrons. The van der Waals surface area contributed by atoms with Gasteiger partial charge in [0.1, 0.15) is 5.84 Å². The first-order chi connectivity index (χ1) is 8.74. The molecule has 0 spiro atoms. The van der Waals surface area contributed by atoms with Crippen LogP contribution in [-0.4, -0.2) is 48.9 Å². The molecule has 18 heavy (non-hydrogen) atoms. The van der Waals surface area contributed by atoms with Gasteiger partial charge in [0.05, 0.1) is 5.70 Å². The molecule has 2 aliphatic heterocycles. The van der Waals surface area contributed by atoms with Crippen LogP contribution in [0.1, 0.15) is 6.92 Å². The van der Waals surface area contributed by atoms with Gasteiger partial charge in [-0.15, -0.1) is 0 Å². The van der Waals surface area contributed by atoms with Crippen LogP contribution in [-0.2, 0) is 0 Å². The molecular formula is C15H21N3. The Morgan fingerprint density at radius 3 is 2.72 bits per heavy atom. The molecule has 2 atom stereocenters. The quantitative estimate of drug-likeness (QED) is 0.647. The maximum Gasteiger partial charge on any atom is 0.128 e. The van der Waals surface area contributed by atoms with Gasteiger partial charge in [-0.2, -0.15) is 0 Å². The van der Waals surface area contributed by atoms with Crippen LogP contribution in [0, 0.1) is 11.8 Å². The first kappa shape index (κ1) is 11.7. The van der Waals surface area contributed by atoms with E-state index in [-0.39, 0.29) is 0 Å². The Balaban J connectivity index is 1.77. The number of likely N-dealkylation sites (N-methyl/N-ethyl adjacent to an activating group) is 1. The Hall–Kier alpha value is -1.35. The third-order valence-corrected chi connectivity index (χ3v) is 4.11. The minimum atomic E-state index is 0.478. The second-order valence-corrected chi connectivity index (χ2v) is 5.48. The average molecular weight is 243 g/mol. The summed E-state index contributed by atoms with van der Waals surface area (Å²) in [6.45, 7) is 6.69. The topological polar surface area (TPSA) is 18.8 Å². The van der Waals surface area contributed by atoms with Crippen molar-refractivity contribution in [3.05, 3.63) is 36.1 Å². The number of hydrogen-bond acceptors (Lipinski definition) is 3. The number of aliphatic imine (C=N–C) groups is 1. The van der Waals surface area contributed by atoms with Gasteiger partial charge >= 0.3 is 0 Å². The molecule has 3 rings (SSSR count). The summed E-state index contributed by atoms with van der Waals surface area (Å²) in [7, 11) is 2.18. The molecule has 1 saturated heterocycles. The Kier molecular flexibility index (Phi) is 3.08. The molecule has 3 heteroatoms. The van der Waals surface area contributed by atoms with Gasteiger partial charge in [0.2, 0.25) is 0 Å². The van der Waals surface area contributed by atoms with E-state index in [1.807, 2.05) is 0 Å². The number of allylic oxidation sites excluding steroid dienone is 4. The molecule has 1 aliphatic carbocycles. The number of rotatable bonds is 0. The van der Waals surface area contributed by atoms with E-state index in [9.17, 15) is 0 Å². The molecule has 3 aliphatic rings. The number of fused-ring (bicyclic) bond motifs is 1. The van der Waals surface area contributed by atoms with Crippen LogP contribution < -0.4 is 0 Å². The summed E-state index contributed by atoms with van der Waals surface area (Å²) in [4.78, 5) is 9.62. The van der Waals surface area contributed by atoms with Crippen molar-refractivity contribution in [1.29, 1.82) is 0 Å². The summed E-state index contributed by atoms with van der Waals surface area (Å²) in [5.41, 5.74) is 1.22. The van der Waals surface area contributed by atoms with Crippen LogP contribution in [0.5, 0.6) is 0 Å². The Morgan fingerprint density at radius 1 is 1.17 bits per heavy atom. The zero-order valence-electron chi connectivity index (χ0n) is 11.2. The van der Waals surface area contributed by atoms with E-state index in [1.54, 1.807) is 0 Å². The van der Waals surface area contributed by atoms with E-state index in [1.165, 1.54) is 5.70 Å². The van der Waals surface area contributed by atoms with Gasteiger partial charge in [-0.3, -0.25) is 0 Å². The maximum atomic E-state index is 4.85.